The van der Waals surface area contributed by atoms with E-state index in [2.05, 4.69) is 42.1 Å². The number of pyridine rings is 1. The van der Waals surface area contributed by atoms with Gasteiger partial charge in [0.1, 0.15) is 0 Å². The Morgan fingerprint density at radius 1 is 0.830 bits per heavy atom. The van der Waals surface area contributed by atoms with E-state index in [-0.39, 0.29) is 11.6 Å². The van der Waals surface area contributed by atoms with Crippen LogP contribution in [0.5, 0.6) is 11.5 Å². The summed E-state index contributed by atoms with van der Waals surface area (Å²) in [6, 6.07) is 41.3. The zero-order chi connectivity index (χ0) is 36.6. The van der Waals surface area contributed by atoms with Crippen LogP contribution in [-0.2, 0) is 32.8 Å². The quantitative estimate of drug-likeness (QED) is 0.163. The van der Waals surface area contributed by atoms with Gasteiger partial charge in [0.15, 0.2) is 0 Å². The average Bonchev–Trinajstić information content (AvgIpc) is 3.79. The fourth-order valence-corrected chi connectivity index (χ4v) is 7.83. The molecule has 9 rings (SSSR count). The molecule has 8 aromatic rings. The molecule has 47 heavy (non-hydrogen) atoms. The van der Waals surface area contributed by atoms with Gasteiger partial charge < -0.3 is 0 Å². The number of rotatable bonds is 5. The van der Waals surface area contributed by atoms with Gasteiger partial charge in [-0.1, -0.05) is 48.5 Å². The number of nitrogens with zero attached hydrogens (tertiary/aromatic N) is 4. The number of aryl methyl sites for hydroxylation is 3. The minimum absolute atomic E-state index is 0.124. The first kappa shape index (κ1) is 22.5. The Bertz CT molecular complexity index is 2780. The van der Waals surface area contributed by atoms with Gasteiger partial charge in [-0.05, 0) is 30.1 Å². The average molecular weight is 796 g/mol. The first-order chi connectivity index (χ1) is 25.5. The third-order valence-electron chi connectivity index (χ3n) is 9.09. The summed E-state index contributed by atoms with van der Waals surface area (Å²) in [5.74, 6) is 1.44. The smallest absolute Gasteiger partial charge is 0.238 e. The molecule has 3 aromatic heterocycles. The molecule has 5 aromatic carbocycles. The van der Waals surface area contributed by atoms with Crippen molar-refractivity contribution >= 4 is 32.8 Å². The van der Waals surface area contributed by atoms with Crippen LogP contribution in [0.25, 0.3) is 49.8 Å². The molecule has 0 radical (unpaired) electrons. The second-order valence-electron chi connectivity index (χ2n) is 11.7. The fraction of sp³-hybridized carbons (Fsp3) is 0.122. The Labute approximate surface area is 292 Å². The van der Waals surface area contributed by atoms with Crippen molar-refractivity contribution < 1.29 is 32.3 Å². The SMILES string of the molecule is [2H]C([2H])([2H])c1cc(-n2c3[c-]c(Oc4[c-]c5c(cc4)CCC5n4[c](=[Pt])n(C([2H])([2H])[2H])c5ccccc54)ccc3c3ccccc32)ncc1-c1ccccc1. The van der Waals surface area contributed by atoms with Gasteiger partial charge in [-0.2, -0.15) is 0 Å². The molecule has 1 unspecified atom stereocenters. The molecule has 0 bridgehead atoms. The van der Waals surface area contributed by atoms with Gasteiger partial charge in [-0.3, -0.25) is 0 Å². The minimum atomic E-state index is -2.38. The number of fused-ring (bicyclic) bond motifs is 5. The molecule has 0 spiro atoms. The van der Waals surface area contributed by atoms with Crippen molar-refractivity contribution in [2.24, 2.45) is 6.98 Å². The second-order valence-corrected chi connectivity index (χ2v) is 12.8. The van der Waals surface area contributed by atoms with Crippen molar-refractivity contribution in [2.45, 2.75) is 25.7 Å². The van der Waals surface area contributed by atoms with Crippen LogP contribution in [0.3, 0.4) is 0 Å². The molecule has 0 saturated heterocycles. The van der Waals surface area contributed by atoms with Crippen molar-refractivity contribution in [3.05, 3.63) is 148 Å². The zero-order valence-corrected chi connectivity index (χ0v) is 27.2. The van der Waals surface area contributed by atoms with Crippen LogP contribution < -0.4 is 4.74 Å². The summed E-state index contributed by atoms with van der Waals surface area (Å²) in [7, 11) is 0. The van der Waals surface area contributed by atoms with Gasteiger partial charge in [0, 0.05) is 15.9 Å². The van der Waals surface area contributed by atoms with Crippen molar-refractivity contribution in [2.75, 3.05) is 0 Å². The van der Waals surface area contributed by atoms with E-state index in [4.69, 9.17) is 17.9 Å². The molecule has 1 atom stereocenters. The maximum atomic E-state index is 8.41. The van der Waals surface area contributed by atoms with E-state index in [1.165, 1.54) is 4.57 Å². The van der Waals surface area contributed by atoms with E-state index in [0.717, 1.165) is 51.3 Å². The minimum Gasteiger partial charge on any atom is -0.238 e. The van der Waals surface area contributed by atoms with Crippen LogP contribution in [-0.4, -0.2) is 18.7 Å². The number of imidazole rings is 1. The van der Waals surface area contributed by atoms with Crippen molar-refractivity contribution in [1.29, 1.82) is 0 Å². The Morgan fingerprint density at radius 3 is 2.45 bits per heavy atom. The summed E-state index contributed by atoms with van der Waals surface area (Å²) in [4.78, 5) is 4.81. The molecule has 6 heteroatoms. The van der Waals surface area contributed by atoms with E-state index < -0.39 is 13.8 Å². The van der Waals surface area contributed by atoms with E-state index in [9.17, 15) is 0 Å². The molecule has 0 N–H and O–H groups in total. The van der Waals surface area contributed by atoms with Gasteiger partial charge in [0.2, 0.25) is 0 Å². The third kappa shape index (κ3) is 4.56. The van der Waals surface area contributed by atoms with Crippen LogP contribution >= 0.6 is 0 Å². The Kier molecular flexibility index (Phi) is 5.30. The van der Waals surface area contributed by atoms with E-state index >= 15 is 0 Å². The van der Waals surface area contributed by atoms with Gasteiger partial charge in [-0.15, -0.1) is 0 Å². The standard InChI is InChI=1S/C41H30N4O.Pt/c1-27-22-41(42-25-35(27)28-10-4-3-5-11-28)45-37-13-7-6-12-32(37)33-20-19-31(24-40(33)45)46-30-18-16-29-17-21-36(34(29)23-30)44-26-43(2)38-14-8-9-15-39(38)44;/h3-16,18-20,22,25,36H,17,21H2,1-2H3;/q-2;/i1D3,2D3;. The van der Waals surface area contributed by atoms with Crippen molar-refractivity contribution in [3.63, 3.8) is 0 Å². The van der Waals surface area contributed by atoms with Crippen LogP contribution in [0.2, 0.25) is 0 Å². The second kappa shape index (κ2) is 11.1. The van der Waals surface area contributed by atoms with Crippen LogP contribution in [0, 0.1) is 22.8 Å². The maximum absolute atomic E-state index is 8.41. The number of hydrogen-bond acceptors (Lipinski definition) is 2. The summed E-state index contributed by atoms with van der Waals surface area (Å²) in [6.45, 7) is -4.71. The summed E-state index contributed by atoms with van der Waals surface area (Å²) < 4.78 is 62.5. The molecule has 5 nitrogen and oxygen atoms in total. The molecule has 0 amide bonds. The summed E-state index contributed by atoms with van der Waals surface area (Å²) in [5, 5.41) is 1.90. The van der Waals surface area contributed by atoms with Gasteiger partial charge in [-0.25, -0.2) is 4.98 Å². The number of aromatic nitrogens is 4. The van der Waals surface area contributed by atoms with E-state index in [1.54, 1.807) is 12.3 Å². The molecule has 1 aliphatic rings. The summed E-state index contributed by atoms with van der Waals surface area (Å²) in [5.41, 5.74) is 6.74. The molecule has 0 aliphatic heterocycles. The monoisotopic (exact) mass is 795 g/mol. The normalized spacial score (nSPS) is 16.8. The molecule has 232 valence electrons. The van der Waals surface area contributed by atoms with Crippen LogP contribution in [0.1, 0.15) is 37.4 Å². The van der Waals surface area contributed by atoms with Gasteiger partial charge in [0.05, 0.1) is 0 Å². The number of hydrogen-bond donors (Lipinski definition) is 0. The number of ether oxygens (including phenoxy) is 1. The van der Waals surface area contributed by atoms with Gasteiger partial charge >= 0.3 is 194 Å². The van der Waals surface area contributed by atoms with Crippen LogP contribution in [0.15, 0.2) is 115 Å². The molecular formula is C41H30N4OPt-2. The molecule has 0 saturated carbocycles. The molecular weight excluding hydrogens is 760 g/mol. The first-order valence-electron chi connectivity index (χ1n) is 18.4. The predicted octanol–water partition coefficient (Wildman–Crippen LogP) is 9.45. The molecule has 0 fully saturated rings. The van der Waals surface area contributed by atoms with E-state index in [0.29, 0.717) is 37.7 Å². The Balaban J connectivity index is 1.13. The number of benzene rings is 5. The van der Waals surface area contributed by atoms with Crippen molar-refractivity contribution in [3.8, 4) is 28.4 Å². The Hall–Kier alpha value is -4.99. The molecule has 3 heterocycles. The van der Waals surface area contributed by atoms with Crippen LogP contribution in [0.4, 0.5) is 0 Å². The van der Waals surface area contributed by atoms with Gasteiger partial charge in [0.25, 0.3) is 0 Å². The molecule has 1 aliphatic carbocycles. The summed E-state index contributed by atoms with van der Waals surface area (Å²) >= 11 is 2.12. The fourth-order valence-electron chi connectivity index (χ4n) is 6.93. The third-order valence-corrected chi connectivity index (χ3v) is 10.1. The number of para-hydroxylation sites is 3. The summed E-state index contributed by atoms with van der Waals surface area (Å²) in [6.07, 6.45) is 3.27. The first-order valence-corrected chi connectivity index (χ1v) is 16.5. The zero-order valence-electron chi connectivity index (χ0n) is 31.0. The topological polar surface area (TPSA) is 36.9 Å². The van der Waals surface area contributed by atoms with Crippen molar-refractivity contribution in [1.82, 2.24) is 18.7 Å². The Morgan fingerprint density at radius 2 is 1.60 bits per heavy atom. The predicted molar refractivity (Wildman–Crippen MR) is 184 cm³/mol. The van der Waals surface area contributed by atoms with E-state index in [1.807, 2.05) is 102 Å².